The van der Waals surface area contributed by atoms with Crippen molar-refractivity contribution in [3.63, 3.8) is 0 Å². The van der Waals surface area contributed by atoms with Gasteiger partial charge in [-0.25, -0.2) is 0 Å². The van der Waals surface area contributed by atoms with Gasteiger partial charge in [0.05, 0.1) is 12.3 Å². The number of nitrogens with one attached hydrogen (secondary N) is 1. The zero-order valence-electron chi connectivity index (χ0n) is 9.42. The fraction of sp³-hybridized carbons (Fsp3) is 0.700. The molecule has 0 aliphatic carbocycles. The van der Waals surface area contributed by atoms with Crippen LogP contribution in [0.15, 0.2) is 0 Å². The molecule has 0 saturated heterocycles. The van der Waals surface area contributed by atoms with Crippen LogP contribution in [0.1, 0.15) is 25.1 Å². The van der Waals surface area contributed by atoms with Gasteiger partial charge >= 0.3 is 0 Å². The lowest BCUT2D eigenvalue weighted by Crippen LogP contribution is -2.28. The van der Waals surface area contributed by atoms with Crippen molar-refractivity contribution in [2.45, 2.75) is 32.9 Å². The number of nitrogens with zero attached hydrogens (tertiary/aromatic N) is 2. The van der Waals surface area contributed by atoms with Crippen molar-refractivity contribution in [3.05, 3.63) is 16.4 Å². The molecule has 5 heteroatoms. The zero-order valence-corrected chi connectivity index (χ0v) is 10.2. The van der Waals surface area contributed by atoms with E-state index in [2.05, 4.69) is 17.3 Å². The van der Waals surface area contributed by atoms with Crippen LogP contribution in [0.2, 0.25) is 5.15 Å². The maximum atomic E-state index is 8.90. The molecule has 0 fully saturated rings. The highest BCUT2D eigenvalue weighted by molar-refractivity contribution is 6.30. The van der Waals surface area contributed by atoms with Crippen molar-refractivity contribution < 1.29 is 5.11 Å². The molecule has 0 spiro atoms. The SMILES string of the molecule is CCc1nn(C)c(Cl)c1CN[C@H](C)CO. The second-order valence-corrected chi connectivity index (χ2v) is 4.02. The Labute approximate surface area is 95.2 Å². The van der Waals surface area contributed by atoms with Gasteiger partial charge in [-0.1, -0.05) is 18.5 Å². The topological polar surface area (TPSA) is 50.1 Å². The number of hydrogen-bond donors (Lipinski definition) is 2. The molecule has 1 aromatic heterocycles. The molecule has 1 rings (SSSR count). The summed E-state index contributed by atoms with van der Waals surface area (Å²) in [6, 6.07) is 0.0750. The Morgan fingerprint density at radius 3 is 2.80 bits per heavy atom. The molecule has 0 saturated carbocycles. The Morgan fingerprint density at radius 2 is 2.27 bits per heavy atom. The highest BCUT2D eigenvalue weighted by atomic mass is 35.5. The molecule has 1 heterocycles. The predicted octanol–water partition coefficient (Wildman–Crippen LogP) is 1.11. The van der Waals surface area contributed by atoms with Crippen molar-refractivity contribution >= 4 is 11.6 Å². The molecule has 0 unspecified atom stereocenters. The van der Waals surface area contributed by atoms with E-state index in [4.69, 9.17) is 16.7 Å². The van der Waals surface area contributed by atoms with Gasteiger partial charge in [0.1, 0.15) is 5.15 Å². The number of aromatic nitrogens is 2. The van der Waals surface area contributed by atoms with E-state index in [1.54, 1.807) is 4.68 Å². The second-order valence-electron chi connectivity index (χ2n) is 3.66. The third-order valence-electron chi connectivity index (χ3n) is 2.39. The molecule has 0 aliphatic heterocycles. The average molecular weight is 232 g/mol. The first-order valence-corrected chi connectivity index (χ1v) is 5.52. The molecule has 15 heavy (non-hydrogen) atoms. The van der Waals surface area contributed by atoms with Gasteiger partial charge in [0.2, 0.25) is 0 Å². The number of rotatable bonds is 5. The Kier molecular flexibility index (Phi) is 4.57. The third kappa shape index (κ3) is 2.93. The number of aryl methyl sites for hydroxylation is 2. The first-order chi connectivity index (χ1) is 7.10. The molecule has 1 atom stereocenters. The van der Waals surface area contributed by atoms with Crippen LogP contribution in [0.4, 0.5) is 0 Å². The van der Waals surface area contributed by atoms with Crippen LogP contribution in [0.3, 0.4) is 0 Å². The Bertz CT molecular complexity index is 325. The summed E-state index contributed by atoms with van der Waals surface area (Å²) in [6.07, 6.45) is 0.866. The molecule has 0 amide bonds. The summed E-state index contributed by atoms with van der Waals surface area (Å²) in [6.45, 7) is 4.75. The average Bonchev–Trinajstić information content (AvgIpc) is 2.52. The number of aliphatic hydroxyl groups excluding tert-OH is 1. The van der Waals surface area contributed by atoms with Gasteiger partial charge in [0, 0.05) is 25.2 Å². The maximum absolute atomic E-state index is 8.90. The minimum atomic E-state index is 0.0750. The molecule has 2 N–H and O–H groups in total. The fourth-order valence-corrected chi connectivity index (χ4v) is 1.61. The second kappa shape index (κ2) is 5.49. The van der Waals surface area contributed by atoms with E-state index in [1.807, 2.05) is 14.0 Å². The molecular weight excluding hydrogens is 214 g/mol. The summed E-state index contributed by atoms with van der Waals surface area (Å²) >= 11 is 6.12. The predicted molar refractivity (Wildman–Crippen MR) is 61.0 cm³/mol. The third-order valence-corrected chi connectivity index (χ3v) is 2.86. The molecule has 0 radical (unpaired) electrons. The van der Waals surface area contributed by atoms with Gasteiger partial charge in [-0.05, 0) is 13.3 Å². The molecule has 0 bridgehead atoms. The summed E-state index contributed by atoms with van der Waals surface area (Å²) < 4.78 is 1.68. The van der Waals surface area contributed by atoms with Gasteiger partial charge in [-0.3, -0.25) is 4.68 Å². The van der Waals surface area contributed by atoms with Crippen LogP contribution in [0, 0.1) is 0 Å². The molecule has 0 aliphatic rings. The first kappa shape index (κ1) is 12.5. The molecule has 0 aromatic carbocycles. The molecule has 4 nitrogen and oxygen atoms in total. The lowest BCUT2D eigenvalue weighted by molar-refractivity contribution is 0.251. The summed E-state index contributed by atoms with van der Waals surface area (Å²) in [5.41, 5.74) is 2.04. The minimum Gasteiger partial charge on any atom is -0.395 e. The quantitative estimate of drug-likeness (QED) is 0.798. The summed E-state index contributed by atoms with van der Waals surface area (Å²) in [4.78, 5) is 0. The van der Waals surface area contributed by atoms with Gasteiger partial charge in [0.15, 0.2) is 0 Å². The van der Waals surface area contributed by atoms with E-state index in [9.17, 15) is 0 Å². The van der Waals surface area contributed by atoms with Crippen LogP contribution < -0.4 is 5.32 Å². The van der Waals surface area contributed by atoms with Crippen molar-refractivity contribution in [2.75, 3.05) is 6.61 Å². The van der Waals surface area contributed by atoms with E-state index in [1.165, 1.54) is 0 Å². The highest BCUT2D eigenvalue weighted by Gasteiger charge is 2.13. The summed E-state index contributed by atoms with van der Waals surface area (Å²) in [5.74, 6) is 0. The van der Waals surface area contributed by atoms with Gasteiger partial charge in [0.25, 0.3) is 0 Å². The summed E-state index contributed by atoms with van der Waals surface area (Å²) in [7, 11) is 1.83. The standard InChI is InChI=1S/C10H18ClN3O/c1-4-9-8(5-12-7(2)6-15)10(11)14(3)13-9/h7,12,15H,4-6H2,1-3H3/t7-/m1/s1. The van der Waals surface area contributed by atoms with Crippen LogP contribution in [0.5, 0.6) is 0 Å². The van der Waals surface area contributed by atoms with Crippen molar-refractivity contribution in [2.24, 2.45) is 7.05 Å². The fourth-order valence-electron chi connectivity index (χ4n) is 1.40. The van der Waals surface area contributed by atoms with Gasteiger partial charge in [-0.2, -0.15) is 5.10 Å². The van der Waals surface area contributed by atoms with Crippen LogP contribution in [-0.4, -0.2) is 27.5 Å². The molecule has 1 aromatic rings. The van der Waals surface area contributed by atoms with Gasteiger partial charge in [-0.15, -0.1) is 0 Å². The Morgan fingerprint density at radius 1 is 1.60 bits per heavy atom. The number of hydrogen-bond acceptors (Lipinski definition) is 3. The smallest absolute Gasteiger partial charge is 0.131 e. The van der Waals surface area contributed by atoms with Crippen LogP contribution >= 0.6 is 11.6 Å². The van der Waals surface area contributed by atoms with E-state index in [-0.39, 0.29) is 12.6 Å². The van der Waals surface area contributed by atoms with E-state index in [0.29, 0.717) is 11.7 Å². The zero-order chi connectivity index (χ0) is 11.4. The highest BCUT2D eigenvalue weighted by Crippen LogP contribution is 2.19. The van der Waals surface area contributed by atoms with Crippen LogP contribution in [0.25, 0.3) is 0 Å². The van der Waals surface area contributed by atoms with E-state index in [0.717, 1.165) is 17.7 Å². The molecule has 86 valence electrons. The van der Waals surface area contributed by atoms with Crippen molar-refractivity contribution in [3.8, 4) is 0 Å². The van der Waals surface area contributed by atoms with Gasteiger partial charge < -0.3 is 10.4 Å². The Hall–Kier alpha value is -0.580. The Balaban J connectivity index is 2.74. The van der Waals surface area contributed by atoms with Crippen molar-refractivity contribution in [1.82, 2.24) is 15.1 Å². The number of halogens is 1. The minimum absolute atomic E-state index is 0.0750. The first-order valence-electron chi connectivity index (χ1n) is 5.14. The molecular formula is C10H18ClN3O. The van der Waals surface area contributed by atoms with Crippen LogP contribution in [-0.2, 0) is 20.0 Å². The lowest BCUT2D eigenvalue weighted by Gasteiger charge is -2.10. The van der Waals surface area contributed by atoms with E-state index >= 15 is 0 Å². The monoisotopic (exact) mass is 231 g/mol. The van der Waals surface area contributed by atoms with E-state index < -0.39 is 0 Å². The normalized spacial score (nSPS) is 13.1. The lowest BCUT2D eigenvalue weighted by atomic mass is 10.2. The largest absolute Gasteiger partial charge is 0.395 e. The maximum Gasteiger partial charge on any atom is 0.131 e. The summed E-state index contributed by atoms with van der Waals surface area (Å²) in [5, 5.41) is 17.1. The van der Waals surface area contributed by atoms with Crippen molar-refractivity contribution in [1.29, 1.82) is 0 Å². The number of aliphatic hydroxyl groups is 1.